The van der Waals surface area contributed by atoms with Crippen molar-refractivity contribution in [3.63, 3.8) is 0 Å². The fourth-order valence-corrected chi connectivity index (χ4v) is 18.6. The van der Waals surface area contributed by atoms with Crippen LogP contribution in [0.15, 0.2) is 340 Å². The Hall–Kier alpha value is -13.3. The van der Waals surface area contributed by atoms with Crippen molar-refractivity contribution in [3.05, 3.63) is 368 Å². The molecule has 0 spiro atoms. The lowest BCUT2D eigenvalue weighted by atomic mass is 9.78. The van der Waals surface area contributed by atoms with Gasteiger partial charge in [0, 0.05) is 106 Å². The van der Waals surface area contributed by atoms with Crippen LogP contribution in [0.3, 0.4) is 0 Å². The van der Waals surface area contributed by atoms with Gasteiger partial charge < -0.3 is 27.6 Å². The van der Waals surface area contributed by atoms with E-state index in [2.05, 4.69) is 399 Å². The number of aromatic nitrogens is 8. The molecule has 0 N–H and O–H groups in total. The molecule has 2 aliphatic carbocycles. The first kappa shape index (κ1) is 70.6. The maximum atomic E-state index is 6.39. The van der Waals surface area contributed by atoms with Crippen molar-refractivity contribution in [1.29, 1.82) is 0 Å². The van der Waals surface area contributed by atoms with Crippen LogP contribution in [0.4, 0.5) is 0 Å². The Labute approximate surface area is 678 Å². The molecular formula is C104H80BClN8O2. The van der Waals surface area contributed by atoms with Gasteiger partial charge in [0.05, 0.1) is 66.7 Å². The average Bonchev–Trinajstić information content (AvgIpc) is 1.56. The molecule has 0 unspecified atom stereocenters. The Bertz CT molecular complexity index is 7350. The topological polar surface area (TPSA) is 89.7 Å². The first-order chi connectivity index (χ1) is 56.4. The molecule has 20 aromatic rings. The number of benzene rings is 14. The second-order valence-corrected chi connectivity index (χ2v) is 33.2. The predicted molar refractivity (Wildman–Crippen MR) is 480 cm³/mol. The highest BCUT2D eigenvalue weighted by atomic mass is 35.5. The van der Waals surface area contributed by atoms with Crippen molar-refractivity contribution in [1.82, 2.24) is 38.2 Å². The summed E-state index contributed by atoms with van der Waals surface area (Å²) in [5, 5.41) is 9.56. The van der Waals surface area contributed by atoms with Gasteiger partial charge in [0.15, 0.2) is 5.82 Å². The molecule has 0 saturated carbocycles. The van der Waals surface area contributed by atoms with Gasteiger partial charge in [-0.3, -0.25) is 0 Å². The van der Waals surface area contributed by atoms with E-state index in [9.17, 15) is 0 Å². The molecule has 6 aromatic heterocycles. The standard InChI is InChI=1S/C49H34N4.C32H29BN2O2.C23H17ClN2/c1-49(2)41-19-11-9-17-35(41)36-23-21-31(30-42(36)49)46-38-18-10-12-20-43(38)50-48(51-46)32-22-25-45-40(29-32)37-24-26-44-39(27-28-52(44)33-13-5-3-6-14-33)47(37)53(45)34-15-7-4-8-16-34;1-31(2)32(3,4)37-33(36-31)22-15-17-29-27(21-22)25-16-18-28-26(19-20-34(28)23-11-7-5-8-12-23)30(25)35(29)24-13-9-6-10-14-24;1-23(2)18-9-5-3-7-15(18)16-12-11-14(13-19(16)23)21-17-8-4-6-10-20(17)25-22(24)26-21/h3-30H,1-2H3;5-21H,1-4H3;3-13H,1-2H3. The summed E-state index contributed by atoms with van der Waals surface area (Å²) in [6.07, 6.45) is 4.35. The summed E-state index contributed by atoms with van der Waals surface area (Å²) >= 11 is 6.20. The minimum atomic E-state index is -0.396. The average molecular weight is 1520 g/mol. The molecule has 14 aromatic carbocycles. The maximum Gasteiger partial charge on any atom is 0.494 e. The lowest BCUT2D eigenvalue weighted by Gasteiger charge is -2.32. The van der Waals surface area contributed by atoms with Crippen molar-refractivity contribution in [2.75, 3.05) is 0 Å². The fourth-order valence-electron chi connectivity index (χ4n) is 18.5. The molecule has 0 bridgehead atoms. The van der Waals surface area contributed by atoms with Crippen LogP contribution in [0.1, 0.15) is 77.6 Å². The Morgan fingerprint density at radius 2 is 0.690 bits per heavy atom. The summed E-state index contributed by atoms with van der Waals surface area (Å²) in [6, 6.07) is 117. The van der Waals surface area contributed by atoms with Gasteiger partial charge in [-0.15, -0.1) is 0 Å². The number of rotatable bonds is 8. The van der Waals surface area contributed by atoms with E-state index >= 15 is 0 Å². The van der Waals surface area contributed by atoms with Crippen LogP contribution in [-0.4, -0.2) is 56.5 Å². The Morgan fingerprint density at radius 3 is 1.19 bits per heavy atom. The highest BCUT2D eigenvalue weighted by Gasteiger charge is 2.52. The summed E-state index contributed by atoms with van der Waals surface area (Å²) in [4.78, 5) is 19.5. The van der Waals surface area contributed by atoms with Gasteiger partial charge in [0.1, 0.15) is 0 Å². The highest BCUT2D eigenvalue weighted by molar-refractivity contribution is 6.62. The third kappa shape index (κ3) is 11.3. The van der Waals surface area contributed by atoms with Crippen LogP contribution in [0.25, 0.3) is 166 Å². The molecule has 0 radical (unpaired) electrons. The zero-order valence-corrected chi connectivity index (χ0v) is 66.4. The van der Waals surface area contributed by atoms with Gasteiger partial charge in [-0.25, -0.2) is 19.9 Å². The molecule has 7 heterocycles. The molecule has 1 saturated heterocycles. The van der Waals surface area contributed by atoms with Crippen molar-refractivity contribution < 1.29 is 9.31 Å². The van der Waals surface area contributed by atoms with E-state index in [1.54, 1.807) is 0 Å². The molecule has 12 heteroatoms. The second-order valence-electron chi connectivity index (χ2n) is 32.9. The number of nitrogens with zero attached hydrogens (tertiary/aromatic N) is 8. The zero-order chi connectivity index (χ0) is 78.5. The number of hydrogen-bond donors (Lipinski definition) is 0. The number of halogens is 1. The van der Waals surface area contributed by atoms with Crippen molar-refractivity contribution in [2.45, 2.75) is 77.4 Å². The predicted octanol–water partition coefficient (Wildman–Crippen LogP) is 25.6. The quantitative estimate of drug-likeness (QED) is 0.111. The smallest absolute Gasteiger partial charge is 0.399 e. The molecule has 3 aliphatic rings. The van der Waals surface area contributed by atoms with Crippen LogP contribution in [0.5, 0.6) is 0 Å². The monoisotopic (exact) mass is 1520 g/mol. The summed E-state index contributed by atoms with van der Waals surface area (Å²) in [6.45, 7) is 17.6. The fraction of sp³-hybridized carbons (Fsp3) is 0.115. The van der Waals surface area contributed by atoms with Crippen molar-refractivity contribution in [3.8, 4) is 78.9 Å². The van der Waals surface area contributed by atoms with E-state index in [0.29, 0.717) is 0 Å². The molecule has 116 heavy (non-hydrogen) atoms. The van der Waals surface area contributed by atoms with E-state index in [1.165, 1.54) is 104 Å². The molecule has 1 aliphatic heterocycles. The third-order valence-electron chi connectivity index (χ3n) is 25.0. The molecule has 1 fully saturated rings. The molecule has 558 valence electrons. The minimum absolute atomic E-state index is 0.0332. The van der Waals surface area contributed by atoms with E-state index in [-0.39, 0.29) is 27.3 Å². The van der Waals surface area contributed by atoms with Crippen LogP contribution < -0.4 is 5.46 Å². The molecule has 10 nitrogen and oxygen atoms in total. The number of para-hydroxylation sites is 6. The van der Waals surface area contributed by atoms with Crippen LogP contribution in [0.2, 0.25) is 5.28 Å². The van der Waals surface area contributed by atoms with Gasteiger partial charge in [-0.1, -0.05) is 234 Å². The van der Waals surface area contributed by atoms with Gasteiger partial charge in [0.25, 0.3) is 0 Å². The zero-order valence-electron chi connectivity index (χ0n) is 65.7. The van der Waals surface area contributed by atoms with Crippen molar-refractivity contribution >= 4 is 111 Å². The third-order valence-corrected chi connectivity index (χ3v) is 25.2. The van der Waals surface area contributed by atoms with Gasteiger partial charge >= 0.3 is 7.12 Å². The van der Waals surface area contributed by atoms with E-state index in [0.717, 1.165) is 89.4 Å². The molecular weight excluding hydrogens is 1440 g/mol. The van der Waals surface area contributed by atoms with Gasteiger partial charge in [-0.05, 0) is 211 Å². The Balaban J connectivity index is 0.000000116. The SMILES string of the molecule is CC1(C)OB(c2ccc3c(c2)c2ccc4c(ccn4-c4ccccc4)c2n3-c2ccccc2)OC1(C)C.CC1(C)c2ccccc2-c2ccc(-c3nc(-c4ccc5c(c4)c4ccc6c(ccn6-c6ccccc6)c4n5-c4ccccc4)nc4ccccc34)cc21.CC1(C)c2ccccc2-c2ccc(-c3nc(Cl)nc4ccccc34)cc21. The lowest BCUT2D eigenvalue weighted by molar-refractivity contribution is 0.00578. The van der Waals surface area contributed by atoms with Crippen LogP contribution in [-0.2, 0) is 20.1 Å². The minimum Gasteiger partial charge on any atom is -0.399 e. The van der Waals surface area contributed by atoms with E-state index in [1.807, 2.05) is 24.3 Å². The number of hydrogen-bond acceptors (Lipinski definition) is 6. The summed E-state index contributed by atoms with van der Waals surface area (Å²) in [5.41, 5.74) is 29.3. The highest BCUT2D eigenvalue weighted by Crippen LogP contribution is 2.52. The first-order valence-electron chi connectivity index (χ1n) is 39.9. The van der Waals surface area contributed by atoms with Gasteiger partial charge in [0.2, 0.25) is 5.28 Å². The lowest BCUT2D eigenvalue weighted by Crippen LogP contribution is -2.41. The van der Waals surface area contributed by atoms with E-state index in [4.69, 9.17) is 30.9 Å². The van der Waals surface area contributed by atoms with Crippen LogP contribution >= 0.6 is 11.6 Å². The number of fused-ring (bicyclic) bond motifs is 18. The van der Waals surface area contributed by atoms with Crippen molar-refractivity contribution in [2.24, 2.45) is 0 Å². The Kier molecular flexibility index (Phi) is 16.4. The molecule has 0 atom stereocenters. The van der Waals surface area contributed by atoms with Crippen LogP contribution in [0, 0.1) is 0 Å². The first-order valence-corrected chi connectivity index (χ1v) is 40.2. The Morgan fingerprint density at radius 1 is 0.293 bits per heavy atom. The maximum absolute atomic E-state index is 6.39. The summed E-state index contributed by atoms with van der Waals surface area (Å²) in [5.74, 6) is 0.723. The van der Waals surface area contributed by atoms with Gasteiger partial charge in [-0.2, -0.15) is 0 Å². The summed E-state index contributed by atoms with van der Waals surface area (Å²) < 4.78 is 22.1. The molecule has 0 amide bonds. The normalized spacial score (nSPS) is 14.6. The largest absolute Gasteiger partial charge is 0.494 e. The molecule has 23 rings (SSSR count). The van der Waals surface area contributed by atoms with E-state index < -0.39 is 7.12 Å². The summed E-state index contributed by atoms with van der Waals surface area (Å²) in [7, 11) is -0.396. The second kappa shape index (κ2) is 26.9.